The van der Waals surface area contributed by atoms with Crippen LogP contribution in [0, 0.1) is 0 Å². The van der Waals surface area contributed by atoms with E-state index < -0.39 is 0 Å². The number of hydrogen-bond donors (Lipinski definition) is 0. The standard InChI is InChI=1S/C18H23N3O2/c1-3-17(22)20-9-5-10-21(13-12-20)18(23)15-6-4-7-16-14(15)8-11-19(16)2/h4,6-8,11H,3,5,9-10,12-13H2,1-2H3. The van der Waals surface area contributed by atoms with E-state index in [4.69, 9.17) is 0 Å². The molecule has 2 heterocycles. The molecule has 1 aliphatic heterocycles. The van der Waals surface area contributed by atoms with Crippen molar-refractivity contribution in [2.24, 2.45) is 7.05 Å². The summed E-state index contributed by atoms with van der Waals surface area (Å²) in [5.41, 5.74) is 1.81. The van der Waals surface area contributed by atoms with Crippen LogP contribution in [0.2, 0.25) is 0 Å². The number of carbonyl (C=O) groups is 2. The number of aromatic nitrogens is 1. The molecule has 0 bridgehead atoms. The number of aryl methyl sites for hydroxylation is 1. The molecule has 2 aromatic rings. The molecule has 0 atom stereocenters. The Hall–Kier alpha value is -2.30. The van der Waals surface area contributed by atoms with Gasteiger partial charge >= 0.3 is 0 Å². The maximum Gasteiger partial charge on any atom is 0.254 e. The Morgan fingerprint density at radius 3 is 2.57 bits per heavy atom. The summed E-state index contributed by atoms with van der Waals surface area (Å²) in [4.78, 5) is 28.5. The second-order valence-corrected chi connectivity index (χ2v) is 6.05. The van der Waals surface area contributed by atoms with Crippen LogP contribution in [0.1, 0.15) is 30.1 Å². The van der Waals surface area contributed by atoms with Gasteiger partial charge in [-0.1, -0.05) is 13.0 Å². The Balaban J connectivity index is 1.81. The monoisotopic (exact) mass is 313 g/mol. The summed E-state index contributed by atoms with van der Waals surface area (Å²) in [5, 5.41) is 0.991. The van der Waals surface area contributed by atoms with E-state index in [1.165, 1.54) is 0 Å². The highest BCUT2D eigenvalue weighted by Gasteiger charge is 2.23. The molecule has 122 valence electrons. The van der Waals surface area contributed by atoms with Crippen LogP contribution in [0.4, 0.5) is 0 Å². The van der Waals surface area contributed by atoms with Crippen molar-refractivity contribution in [3.05, 3.63) is 36.0 Å². The van der Waals surface area contributed by atoms with Gasteiger partial charge in [-0.15, -0.1) is 0 Å². The van der Waals surface area contributed by atoms with Gasteiger partial charge in [-0.3, -0.25) is 9.59 Å². The Bertz CT molecular complexity index is 735. The Kier molecular flexibility index (Phi) is 4.37. The number of rotatable bonds is 2. The predicted octanol–water partition coefficient (Wildman–Crippen LogP) is 2.26. The Morgan fingerprint density at radius 2 is 1.78 bits per heavy atom. The van der Waals surface area contributed by atoms with Crippen LogP contribution in [0.15, 0.2) is 30.5 Å². The fourth-order valence-electron chi connectivity index (χ4n) is 3.25. The number of hydrogen-bond acceptors (Lipinski definition) is 2. The van der Waals surface area contributed by atoms with Gasteiger partial charge in [0, 0.05) is 62.3 Å². The minimum absolute atomic E-state index is 0.0626. The van der Waals surface area contributed by atoms with Crippen molar-refractivity contribution >= 4 is 22.7 Å². The summed E-state index contributed by atoms with van der Waals surface area (Å²) in [6.07, 6.45) is 3.34. The van der Waals surface area contributed by atoms with Gasteiger partial charge in [0.05, 0.1) is 0 Å². The molecule has 0 spiro atoms. The average molecular weight is 313 g/mol. The Labute approximate surface area is 136 Å². The lowest BCUT2D eigenvalue weighted by Crippen LogP contribution is -2.37. The molecule has 0 unspecified atom stereocenters. The van der Waals surface area contributed by atoms with Crippen molar-refractivity contribution in [3.63, 3.8) is 0 Å². The molecular formula is C18H23N3O2. The summed E-state index contributed by atoms with van der Waals surface area (Å²) < 4.78 is 2.02. The molecular weight excluding hydrogens is 290 g/mol. The number of benzene rings is 1. The first-order valence-electron chi connectivity index (χ1n) is 8.23. The zero-order valence-electron chi connectivity index (χ0n) is 13.8. The van der Waals surface area contributed by atoms with Gasteiger partial charge in [-0.2, -0.15) is 0 Å². The highest BCUT2D eigenvalue weighted by atomic mass is 16.2. The molecule has 0 N–H and O–H groups in total. The van der Waals surface area contributed by atoms with Crippen LogP contribution in [0.3, 0.4) is 0 Å². The van der Waals surface area contributed by atoms with Crippen molar-refractivity contribution in [3.8, 4) is 0 Å². The second-order valence-electron chi connectivity index (χ2n) is 6.05. The zero-order chi connectivity index (χ0) is 16.4. The largest absolute Gasteiger partial charge is 0.351 e. The smallest absolute Gasteiger partial charge is 0.254 e. The van der Waals surface area contributed by atoms with E-state index in [9.17, 15) is 9.59 Å². The number of nitrogens with zero attached hydrogens (tertiary/aromatic N) is 3. The molecule has 0 radical (unpaired) electrons. The van der Waals surface area contributed by atoms with Gasteiger partial charge in [0.1, 0.15) is 0 Å². The van der Waals surface area contributed by atoms with Gasteiger partial charge in [0.15, 0.2) is 0 Å². The molecule has 3 rings (SSSR count). The summed E-state index contributed by atoms with van der Waals surface area (Å²) in [6.45, 7) is 4.56. The molecule has 0 saturated carbocycles. The lowest BCUT2D eigenvalue weighted by atomic mass is 10.1. The highest BCUT2D eigenvalue weighted by Crippen LogP contribution is 2.21. The number of amides is 2. The minimum Gasteiger partial charge on any atom is -0.351 e. The average Bonchev–Trinajstić information content (AvgIpc) is 2.81. The summed E-state index contributed by atoms with van der Waals surface area (Å²) in [7, 11) is 1.98. The van der Waals surface area contributed by atoms with Gasteiger partial charge in [-0.25, -0.2) is 0 Å². The first-order chi connectivity index (χ1) is 11.1. The first-order valence-corrected chi connectivity index (χ1v) is 8.23. The summed E-state index contributed by atoms with van der Waals surface area (Å²) in [5.74, 6) is 0.233. The van der Waals surface area contributed by atoms with Crippen molar-refractivity contribution < 1.29 is 9.59 Å². The number of fused-ring (bicyclic) bond motifs is 1. The lowest BCUT2D eigenvalue weighted by Gasteiger charge is -2.22. The normalized spacial score (nSPS) is 15.7. The van der Waals surface area contributed by atoms with Gasteiger partial charge in [0.25, 0.3) is 5.91 Å². The molecule has 1 aromatic heterocycles. The summed E-state index contributed by atoms with van der Waals surface area (Å²) >= 11 is 0. The topological polar surface area (TPSA) is 45.6 Å². The molecule has 1 fully saturated rings. The van der Waals surface area contributed by atoms with Gasteiger partial charge in [-0.05, 0) is 24.6 Å². The lowest BCUT2D eigenvalue weighted by molar-refractivity contribution is -0.130. The highest BCUT2D eigenvalue weighted by molar-refractivity contribution is 6.06. The van der Waals surface area contributed by atoms with E-state index in [0.29, 0.717) is 26.1 Å². The minimum atomic E-state index is 0.0626. The van der Waals surface area contributed by atoms with E-state index in [1.807, 2.05) is 58.8 Å². The van der Waals surface area contributed by atoms with Crippen LogP contribution in [0.25, 0.3) is 10.9 Å². The Morgan fingerprint density at radius 1 is 1.04 bits per heavy atom. The molecule has 23 heavy (non-hydrogen) atoms. The van der Waals surface area contributed by atoms with Crippen molar-refractivity contribution in [1.82, 2.24) is 14.4 Å². The second kappa shape index (κ2) is 6.44. The van der Waals surface area contributed by atoms with Crippen LogP contribution in [-0.4, -0.2) is 52.4 Å². The molecule has 5 heteroatoms. The molecule has 1 aliphatic rings. The molecule has 1 aromatic carbocycles. The van der Waals surface area contributed by atoms with Gasteiger partial charge in [0.2, 0.25) is 5.91 Å². The van der Waals surface area contributed by atoms with Crippen LogP contribution < -0.4 is 0 Å². The quantitative estimate of drug-likeness (QED) is 0.854. The van der Waals surface area contributed by atoms with E-state index >= 15 is 0 Å². The fraction of sp³-hybridized carbons (Fsp3) is 0.444. The fourth-order valence-corrected chi connectivity index (χ4v) is 3.25. The first kappa shape index (κ1) is 15.6. The SMILES string of the molecule is CCC(=O)N1CCCN(C(=O)c2cccc3c2ccn3C)CC1. The third-order valence-electron chi connectivity index (χ3n) is 4.60. The van der Waals surface area contributed by atoms with Crippen LogP contribution in [-0.2, 0) is 11.8 Å². The molecule has 1 saturated heterocycles. The molecule has 0 aliphatic carbocycles. The predicted molar refractivity (Wildman–Crippen MR) is 90.3 cm³/mol. The zero-order valence-corrected chi connectivity index (χ0v) is 13.8. The number of carbonyl (C=O) groups excluding carboxylic acids is 2. The summed E-state index contributed by atoms with van der Waals surface area (Å²) in [6, 6.07) is 7.84. The van der Waals surface area contributed by atoms with Crippen LogP contribution in [0.5, 0.6) is 0 Å². The van der Waals surface area contributed by atoms with Crippen molar-refractivity contribution in [2.45, 2.75) is 19.8 Å². The van der Waals surface area contributed by atoms with E-state index in [0.717, 1.165) is 29.4 Å². The third-order valence-corrected chi connectivity index (χ3v) is 4.60. The maximum atomic E-state index is 12.9. The molecule has 2 amide bonds. The third kappa shape index (κ3) is 2.96. The van der Waals surface area contributed by atoms with E-state index in [2.05, 4.69) is 0 Å². The maximum absolute atomic E-state index is 12.9. The van der Waals surface area contributed by atoms with E-state index in [1.54, 1.807) is 0 Å². The van der Waals surface area contributed by atoms with Crippen molar-refractivity contribution in [2.75, 3.05) is 26.2 Å². The van der Waals surface area contributed by atoms with Crippen LogP contribution >= 0.6 is 0 Å². The van der Waals surface area contributed by atoms with Crippen molar-refractivity contribution in [1.29, 1.82) is 0 Å². The van der Waals surface area contributed by atoms with Gasteiger partial charge < -0.3 is 14.4 Å². The van der Waals surface area contributed by atoms with E-state index in [-0.39, 0.29) is 11.8 Å². The molecule has 5 nitrogen and oxygen atoms in total.